The zero-order valence-electron chi connectivity index (χ0n) is 12.6. The lowest BCUT2D eigenvalue weighted by Crippen LogP contribution is -2.14. The monoisotopic (exact) mass is 437 g/mol. The summed E-state index contributed by atoms with van der Waals surface area (Å²) in [5.41, 5.74) is 0.756. The number of sulfonamides is 1. The van der Waals surface area contributed by atoms with E-state index in [0.717, 1.165) is 15.8 Å². The van der Waals surface area contributed by atoms with E-state index in [1.807, 2.05) is 0 Å². The van der Waals surface area contributed by atoms with Gasteiger partial charge in [0.15, 0.2) is 5.13 Å². The number of hydrogen-bond donors (Lipinski definition) is 2. The Kier molecular flexibility index (Phi) is 5.16. The van der Waals surface area contributed by atoms with Gasteiger partial charge in [0.05, 0.1) is 4.90 Å². The second kappa shape index (κ2) is 7.34. The molecule has 2 aromatic carbocycles. The van der Waals surface area contributed by atoms with Crippen LogP contribution in [-0.2, 0) is 10.0 Å². The van der Waals surface area contributed by atoms with Gasteiger partial charge in [-0.1, -0.05) is 34.1 Å². The summed E-state index contributed by atoms with van der Waals surface area (Å²) in [6, 6.07) is 15.1. The molecule has 1 amide bonds. The number of aromatic nitrogens is 1. The average molecular weight is 438 g/mol. The number of thiazole rings is 1. The molecule has 0 aliphatic rings. The second-order valence-corrected chi connectivity index (χ2v) is 8.37. The Bertz CT molecular complexity index is 987. The number of nitrogens with zero attached hydrogens (tertiary/aromatic N) is 1. The molecular formula is C16H12BrN3O3S2. The zero-order chi connectivity index (χ0) is 17.9. The Morgan fingerprint density at radius 1 is 1.04 bits per heavy atom. The maximum atomic E-state index is 12.3. The van der Waals surface area contributed by atoms with Gasteiger partial charge in [0, 0.05) is 15.5 Å². The third kappa shape index (κ3) is 4.44. The number of benzene rings is 2. The molecule has 0 atom stereocenters. The Balaban J connectivity index is 1.72. The van der Waals surface area contributed by atoms with Gasteiger partial charge in [0.25, 0.3) is 15.9 Å². The third-order valence-electron chi connectivity index (χ3n) is 3.11. The number of rotatable bonds is 5. The molecule has 6 nitrogen and oxygen atoms in total. The lowest BCUT2D eigenvalue weighted by atomic mass is 10.3. The maximum Gasteiger partial charge on any atom is 0.275 e. The smallest absolute Gasteiger partial charge is 0.275 e. The van der Waals surface area contributed by atoms with Crippen molar-refractivity contribution < 1.29 is 13.2 Å². The molecular weight excluding hydrogens is 426 g/mol. The normalized spacial score (nSPS) is 11.1. The van der Waals surface area contributed by atoms with Gasteiger partial charge in [-0.3, -0.25) is 9.52 Å². The van der Waals surface area contributed by atoms with Crippen molar-refractivity contribution in [2.24, 2.45) is 0 Å². The first-order chi connectivity index (χ1) is 11.9. The number of carbonyl (C=O) groups is 1. The number of halogens is 1. The van der Waals surface area contributed by atoms with E-state index in [1.165, 1.54) is 17.5 Å². The van der Waals surface area contributed by atoms with E-state index in [1.54, 1.807) is 42.5 Å². The van der Waals surface area contributed by atoms with Crippen molar-refractivity contribution in [3.8, 4) is 0 Å². The highest BCUT2D eigenvalue weighted by atomic mass is 79.9. The molecule has 1 aromatic heterocycles. The first-order valence-electron chi connectivity index (χ1n) is 7.04. The predicted molar refractivity (Wildman–Crippen MR) is 101 cm³/mol. The predicted octanol–water partition coefficient (Wildman–Crippen LogP) is 3.96. The van der Waals surface area contributed by atoms with Crippen LogP contribution in [0.4, 0.5) is 10.8 Å². The molecule has 9 heteroatoms. The Morgan fingerprint density at radius 2 is 1.72 bits per heavy atom. The van der Waals surface area contributed by atoms with Crippen LogP contribution in [0.1, 0.15) is 10.5 Å². The number of carbonyl (C=O) groups excluding carboxylic acids is 1. The summed E-state index contributed by atoms with van der Waals surface area (Å²) >= 11 is 4.36. The molecule has 3 rings (SSSR count). The van der Waals surface area contributed by atoms with Crippen molar-refractivity contribution in [2.75, 3.05) is 10.0 Å². The molecule has 0 saturated carbocycles. The van der Waals surface area contributed by atoms with Crippen molar-refractivity contribution >= 4 is 54.0 Å². The minimum Gasteiger partial charge on any atom is -0.321 e. The van der Waals surface area contributed by atoms with E-state index < -0.39 is 15.9 Å². The summed E-state index contributed by atoms with van der Waals surface area (Å²) in [4.78, 5) is 16.4. The summed E-state index contributed by atoms with van der Waals surface area (Å²) in [6.07, 6.45) is 0. The molecule has 128 valence electrons. The summed E-state index contributed by atoms with van der Waals surface area (Å²) in [5, 5.41) is 4.33. The van der Waals surface area contributed by atoms with Gasteiger partial charge in [-0.25, -0.2) is 13.4 Å². The third-order valence-corrected chi connectivity index (χ3v) is 5.88. The van der Waals surface area contributed by atoms with Gasteiger partial charge in [-0.2, -0.15) is 0 Å². The molecule has 0 aliphatic carbocycles. The van der Waals surface area contributed by atoms with E-state index in [-0.39, 0.29) is 15.7 Å². The van der Waals surface area contributed by atoms with Gasteiger partial charge >= 0.3 is 0 Å². The highest BCUT2D eigenvalue weighted by Gasteiger charge is 2.17. The molecule has 2 N–H and O–H groups in total. The van der Waals surface area contributed by atoms with E-state index in [9.17, 15) is 13.2 Å². The molecule has 0 spiro atoms. The highest BCUT2D eigenvalue weighted by molar-refractivity contribution is 9.10. The van der Waals surface area contributed by atoms with Crippen LogP contribution in [-0.4, -0.2) is 19.3 Å². The van der Waals surface area contributed by atoms with Crippen molar-refractivity contribution in [1.82, 2.24) is 4.98 Å². The van der Waals surface area contributed by atoms with Crippen molar-refractivity contribution in [1.29, 1.82) is 0 Å². The fourth-order valence-corrected chi connectivity index (χ4v) is 4.16. The Hall–Kier alpha value is -2.23. The molecule has 0 unspecified atom stereocenters. The average Bonchev–Trinajstić information content (AvgIpc) is 3.06. The highest BCUT2D eigenvalue weighted by Crippen LogP contribution is 2.21. The van der Waals surface area contributed by atoms with Crippen molar-refractivity contribution in [3.05, 3.63) is 70.1 Å². The van der Waals surface area contributed by atoms with Gasteiger partial charge in [0.2, 0.25) is 0 Å². The fraction of sp³-hybridized carbons (Fsp3) is 0. The molecule has 0 saturated heterocycles. The zero-order valence-corrected chi connectivity index (χ0v) is 15.9. The molecule has 1 heterocycles. The summed E-state index contributed by atoms with van der Waals surface area (Å²) in [5.74, 6) is -0.413. The summed E-state index contributed by atoms with van der Waals surface area (Å²) in [7, 11) is -3.73. The van der Waals surface area contributed by atoms with E-state index in [4.69, 9.17) is 0 Å². The fourth-order valence-electron chi connectivity index (χ4n) is 1.93. The lowest BCUT2D eigenvalue weighted by molar-refractivity contribution is 0.102. The van der Waals surface area contributed by atoms with Crippen LogP contribution in [0, 0.1) is 0 Å². The van der Waals surface area contributed by atoms with Crippen LogP contribution >= 0.6 is 27.3 Å². The van der Waals surface area contributed by atoms with Crippen LogP contribution in [0.5, 0.6) is 0 Å². The van der Waals surface area contributed by atoms with Gasteiger partial charge in [-0.05, 0) is 36.4 Å². The second-order valence-electron chi connectivity index (χ2n) is 4.92. The maximum absolute atomic E-state index is 12.3. The van der Waals surface area contributed by atoms with Crippen LogP contribution in [0.15, 0.2) is 69.3 Å². The molecule has 3 aromatic rings. The summed E-state index contributed by atoms with van der Waals surface area (Å²) in [6.45, 7) is 0. The molecule has 0 bridgehead atoms. The minimum absolute atomic E-state index is 0.129. The van der Waals surface area contributed by atoms with Crippen LogP contribution in [0.2, 0.25) is 0 Å². The molecule has 25 heavy (non-hydrogen) atoms. The van der Waals surface area contributed by atoms with Crippen LogP contribution in [0.3, 0.4) is 0 Å². The molecule has 0 aliphatic heterocycles. The van der Waals surface area contributed by atoms with Crippen LogP contribution in [0.25, 0.3) is 0 Å². The van der Waals surface area contributed by atoms with Gasteiger partial charge in [-0.15, -0.1) is 11.3 Å². The van der Waals surface area contributed by atoms with E-state index >= 15 is 0 Å². The minimum atomic E-state index is -3.73. The van der Waals surface area contributed by atoms with E-state index in [2.05, 4.69) is 31.0 Å². The number of anilines is 2. The summed E-state index contributed by atoms with van der Waals surface area (Å²) < 4.78 is 27.8. The van der Waals surface area contributed by atoms with Crippen LogP contribution < -0.4 is 10.0 Å². The largest absolute Gasteiger partial charge is 0.321 e. The number of hydrogen-bond acceptors (Lipinski definition) is 5. The van der Waals surface area contributed by atoms with Crippen molar-refractivity contribution in [3.63, 3.8) is 0 Å². The molecule has 0 radical (unpaired) electrons. The SMILES string of the molecule is O=C(Nc1ccc(Br)cc1)c1csc(NS(=O)(=O)c2ccccc2)n1. The first-order valence-corrected chi connectivity index (χ1v) is 10.2. The Labute approximate surface area is 157 Å². The van der Waals surface area contributed by atoms with Crippen molar-refractivity contribution in [2.45, 2.75) is 4.90 Å². The van der Waals surface area contributed by atoms with Gasteiger partial charge in [0.1, 0.15) is 5.69 Å². The molecule has 0 fully saturated rings. The quantitative estimate of drug-likeness (QED) is 0.631. The number of amides is 1. The van der Waals surface area contributed by atoms with Gasteiger partial charge < -0.3 is 5.32 Å². The lowest BCUT2D eigenvalue weighted by Gasteiger charge is -2.04. The number of nitrogens with one attached hydrogen (secondary N) is 2. The standard InChI is InChI=1S/C16H12BrN3O3S2/c17-11-6-8-12(9-7-11)18-15(21)14-10-24-16(19-14)20-25(22,23)13-4-2-1-3-5-13/h1-10H,(H,18,21)(H,19,20). The van der Waals surface area contributed by atoms with E-state index in [0.29, 0.717) is 5.69 Å². The Morgan fingerprint density at radius 3 is 2.40 bits per heavy atom. The topological polar surface area (TPSA) is 88.2 Å². The first kappa shape index (κ1) is 17.6.